The van der Waals surface area contributed by atoms with Crippen LogP contribution in [-0.2, 0) is 14.3 Å². The standard InChI is InChI=1S/C28H26N2O7S/c1-5-14-37-19-12-10-17(11-13-19)22-21(23(31)18-8-7-9-20(15-18)36-6-2)24(32)26(33)30(22)28-29-16(3)25(38-28)27(34)35-4/h5,7-13,15,22,31H,1,6,14H2,2-4H3/b23-21+. The second-order valence-corrected chi connectivity index (χ2v) is 9.18. The number of carbonyl (C=O) groups is 3. The molecule has 0 bridgehead atoms. The molecule has 2 aromatic carbocycles. The number of esters is 1. The first-order chi connectivity index (χ1) is 18.3. The van der Waals surface area contributed by atoms with Crippen LogP contribution in [0.15, 0.2) is 66.8 Å². The fourth-order valence-electron chi connectivity index (χ4n) is 4.07. The number of aliphatic hydroxyl groups is 1. The Hall–Kier alpha value is -4.44. The van der Waals surface area contributed by atoms with Crippen LogP contribution in [0.5, 0.6) is 11.5 Å². The molecule has 1 fully saturated rings. The van der Waals surface area contributed by atoms with Gasteiger partial charge in [0.15, 0.2) is 5.13 Å². The molecule has 4 rings (SSSR count). The summed E-state index contributed by atoms with van der Waals surface area (Å²) in [5, 5.41) is 11.5. The molecule has 1 aromatic heterocycles. The Kier molecular flexibility index (Phi) is 7.92. The van der Waals surface area contributed by atoms with Gasteiger partial charge in [0.1, 0.15) is 28.7 Å². The van der Waals surface area contributed by atoms with E-state index in [0.29, 0.717) is 41.5 Å². The quantitative estimate of drug-likeness (QED) is 0.137. The summed E-state index contributed by atoms with van der Waals surface area (Å²) in [6, 6.07) is 12.4. The summed E-state index contributed by atoms with van der Waals surface area (Å²) in [5.41, 5.74) is 1.09. The third-order valence-corrected chi connectivity index (χ3v) is 6.93. The van der Waals surface area contributed by atoms with E-state index in [1.54, 1.807) is 61.5 Å². The minimum Gasteiger partial charge on any atom is -0.507 e. The predicted molar refractivity (Wildman–Crippen MR) is 143 cm³/mol. The van der Waals surface area contributed by atoms with Gasteiger partial charge >= 0.3 is 11.9 Å². The van der Waals surface area contributed by atoms with E-state index in [0.717, 1.165) is 11.3 Å². The molecule has 1 atom stereocenters. The van der Waals surface area contributed by atoms with Gasteiger partial charge in [-0.15, -0.1) is 0 Å². The number of benzene rings is 2. The second kappa shape index (κ2) is 11.3. The third-order valence-electron chi connectivity index (χ3n) is 5.79. The van der Waals surface area contributed by atoms with E-state index in [2.05, 4.69) is 11.6 Å². The number of carbonyl (C=O) groups excluding carboxylic acids is 3. The first kappa shape index (κ1) is 26.6. The Morgan fingerprint density at radius 2 is 1.89 bits per heavy atom. The molecule has 10 heteroatoms. The molecule has 196 valence electrons. The maximum atomic E-state index is 13.4. The highest BCUT2D eigenvalue weighted by Gasteiger charge is 2.48. The van der Waals surface area contributed by atoms with Gasteiger partial charge < -0.3 is 19.3 Å². The molecular weight excluding hydrogens is 508 g/mol. The number of rotatable bonds is 9. The van der Waals surface area contributed by atoms with Crippen LogP contribution in [0.3, 0.4) is 0 Å². The highest BCUT2D eigenvalue weighted by atomic mass is 32.1. The lowest BCUT2D eigenvalue weighted by atomic mass is 9.95. The van der Waals surface area contributed by atoms with Crippen LogP contribution in [0.25, 0.3) is 5.76 Å². The molecule has 1 N–H and O–H groups in total. The topological polar surface area (TPSA) is 115 Å². The zero-order chi connectivity index (χ0) is 27.4. The van der Waals surface area contributed by atoms with Gasteiger partial charge in [0.05, 0.1) is 31.0 Å². The molecular formula is C28H26N2O7S. The van der Waals surface area contributed by atoms with Crippen molar-refractivity contribution >= 4 is 39.9 Å². The fourth-order valence-corrected chi connectivity index (χ4v) is 5.08. The summed E-state index contributed by atoms with van der Waals surface area (Å²) in [7, 11) is 1.25. The number of Topliss-reactive ketones (excluding diaryl/α,β-unsaturated/α-hetero) is 1. The van der Waals surface area contributed by atoms with Crippen LogP contribution in [-0.4, -0.2) is 48.1 Å². The number of ether oxygens (including phenoxy) is 3. The number of nitrogens with zero attached hydrogens (tertiary/aromatic N) is 2. The van der Waals surface area contributed by atoms with Crippen LogP contribution in [0.2, 0.25) is 0 Å². The maximum absolute atomic E-state index is 13.4. The van der Waals surface area contributed by atoms with E-state index >= 15 is 0 Å². The molecule has 1 aliphatic rings. The number of thiazole rings is 1. The number of ketones is 1. The van der Waals surface area contributed by atoms with E-state index in [4.69, 9.17) is 14.2 Å². The predicted octanol–water partition coefficient (Wildman–Crippen LogP) is 4.83. The first-order valence-electron chi connectivity index (χ1n) is 11.7. The van der Waals surface area contributed by atoms with Gasteiger partial charge in [-0.1, -0.05) is 48.3 Å². The number of aryl methyl sites for hydroxylation is 1. The Labute approximate surface area is 223 Å². The summed E-state index contributed by atoms with van der Waals surface area (Å²) in [5.74, 6) is -1.65. The van der Waals surface area contributed by atoms with Crippen molar-refractivity contribution in [3.8, 4) is 11.5 Å². The average Bonchev–Trinajstić information content (AvgIpc) is 3.43. The summed E-state index contributed by atoms with van der Waals surface area (Å²) in [6.45, 7) is 7.80. The van der Waals surface area contributed by atoms with Gasteiger partial charge in [-0.3, -0.25) is 14.5 Å². The van der Waals surface area contributed by atoms with Crippen molar-refractivity contribution in [3.63, 3.8) is 0 Å². The van der Waals surface area contributed by atoms with Crippen molar-refractivity contribution in [2.45, 2.75) is 19.9 Å². The van der Waals surface area contributed by atoms with Crippen molar-refractivity contribution in [1.82, 2.24) is 4.98 Å². The second-order valence-electron chi connectivity index (χ2n) is 8.20. The lowest BCUT2D eigenvalue weighted by Gasteiger charge is -2.23. The van der Waals surface area contributed by atoms with E-state index < -0.39 is 23.7 Å². The fraction of sp³-hybridized carbons (Fsp3) is 0.214. The van der Waals surface area contributed by atoms with E-state index in [9.17, 15) is 19.5 Å². The largest absolute Gasteiger partial charge is 0.507 e. The van der Waals surface area contributed by atoms with Crippen molar-refractivity contribution in [2.75, 3.05) is 25.2 Å². The third kappa shape index (κ3) is 5.03. The zero-order valence-electron chi connectivity index (χ0n) is 21.1. The average molecular weight is 535 g/mol. The molecule has 0 aliphatic carbocycles. The lowest BCUT2D eigenvalue weighted by Crippen LogP contribution is -2.29. The molecule has 0 radical (unpaired) electrons. The molecule has 1 saturated heterocycles. The normalized spacial score (nSPS) is 16.4. The molecule has 9 nitrogen and oxygen atoms in total. The highest BCUT2D eigenvalue weighted by molar-refractivity contribution is 7.17. The van der Waals surface area contributed by atoms with Crippen molar-refractivity contribution in [1.29, 1.82) is 0 Å². The molecule has 0 saturated carbocycles. The van der Waals surface area contributed by atoms with Crippen LogP contribution < -0.4 is 14.4 Å². The summed E-state index contributed by atoms with van der Waals surface area (Å²) in [4.78, 5) is 44.8. The SMILES string of the molecule is C=CCOc1ccc(C2/C(=C(\O)c3cccc(OCC)c3)C(=O)C(=O)N2c2nc(C)c(C(=O)OC)s2)cc1. The Balaban J connectivity index is 1.89. The van der Waals surface area contributed by atoms with Gasteiger partial charge in [-0.05, 0) is 43.7 Å². The van der Waals surface area contributed by atoms with Crippen LogP contribution in [0.4, 0.5) is 5.13 Å². The smallest absolute Gasteiger partial charge is 0.350 e. The minimum absolute atomic E-state index is 0.115. The summed E-state index contributed by atoms with van der Waals surface area (Å²) >= 11 is 0.934. The van der Waals surface area contributed by atoms with Crippen molar-refractivity contribution in [2.24, 2.45) is 0 Å². The Morgan fingerprint density at radius 1 is 1.16 bits per heavy atom. The van der Waals surface area contributed by atoms with E-state index in [1.165, 1.54) is 12.0 Å². The van der Waals surface area contributed by atoms with Crippen LogP contribution >= 0.6 is 11.3 Å². The molecule has 0 spiro atoms. The van der Waals surface area contributed by atoms with E-state index in [1.807, 2.05) is 6.92 Å². The molecule has 3 aromatic rings. The van der Waals surface area contributed by atoms with Gasteiger partial charge in [0.2, 0.25) is 0 Å². The van der Waals surface area contributed by atoms with Crippen molar-refractivity contribution in [3.05, 3.63) is 88.5 Å². The number of methoxy groups -OCH3 is 1. The lowest BCUT2D eigenvalue weighted by molar-refractivity contribution is -0.132. The van der Waals surface area contributed by atoms with Crippen LogP contribution in [0, 0.1) is 6.92 Å². The number of aromatic nitrogens is 1. The zero-order valence-corrected chi connectivity index (χ0v) is 21.9. The Morgan fingerprint density at radius 3 is 2.55 bits per heavy atom. The minimum atomic E-state index is -1.02. The number of hydrogen-bond donors (Lipinski definition) is 1. The van der Waals surface area contributed by atoms with Gasteiger partial charge in [0.25, 0.3) is 5.78 Å². The maximum Gasteiger partial charge on any atom is 0.350 e. The molecule has 2 heterocycles. The number of hydrogen-bond acceptors (Lipinski definition) is 9. The summed E-state index contributed by atoms with van der Waals surface area (Å²) < 4.78 is 15.9. The van der Waals surface area contributed by atoms with Gasteiger partial charge in [-0.2, -0.15) is 0 Å². The van der Waals surface area contributed by atoms with Gasteiger partial charge in [-0.25, -0.2) is 9.78 Å². The monoisotopic (exact) mass is 534 g/mol. The van der Waals surface area contributed by atoms with Crippen LogP contribution in [0.1, 0.15) is 39.5 Å². The number of aliphatic hydroxyl groups excluding tert-OH is 1. The molecule has 1 unspecified atom stereocenters. The summed E-state index contributed by atoms with van der Waals surface area (Å²) in [6.07, 6.45) is 1.61. The van der Waals surface area contributed by atoms with E-state index in [-0.39, 0.29) is 21.3 Å². The highest BCUT2D eigenvalue weighted by Crippen LogP contribution is 2.44. The molecule has 1 aliphatic heterocycles. The first-order valence-corrected chi connectivity index (χ1v) is 12.6. The Bertz CT molecular complexity index is 1430. The number of amides is 1. The van der Waals surface area contributed by atoms with Gasteiger partial charge in [0, 0.05) is 5.56 Å². The molecule has 38 heavy (non-hydrogen) atoms. The van der Waals surface area contributed by atoms with Crippen molar-refractivity contribution < 1.29 is 33.7 Å². The molecule has 1 amide bonds. The number of anilines is 1.